The van der Waals surface area contributed by atoms with Gasteiger partial charge in [-0.1, -0.05) is 32.9 Å². The van der Waals surface area contributed by atoms with Crippen LogP contribution in [-0.2, 0) is 20.3 Å². The monoisotopic (exact) mass is 352 g/mol. The predicted molar refractivity (Wildman–Crippen MR) is 95.6 cm³/mol. The molecule has 0 heterocycles. The fourth-order valence-electron chi connectivity index (χ4n) is 3.36. The van der Waals surface area contributed by atoms with Gasteiger partial charge in [0, 0.05) is 6.26 Å². The van der Waals surface area contributed by atoms with Gasteiger partial charge in [0.25, 0.3) is 0 Å². The van der Waals surface area contributed by atoms with Crippen molar-refractivity contribution in [1.82, 2.24) is 0 Å². The van der Waals surface area contributed by atoms with Crippen LogP contribution in [0.15, 0.2) is 24.3 Å². The molecule has 0 atom stereocenters. The lowest BCUT2D eigenvalue weighted by Crippen LogP contribution is -2.30. The number of sulfone groups is 1. The van der Waals surface area contributed by atoms with E-state index < -0.39 is 9.84 Å². The molecular formula is C19H28O4S. The topological polar surface area (TPSA) is 60.4 Å². The molecule has 0 aliphatic heterocycles. The fourth-order valence-corrected chi connectivity index (χ4v) is 4.14. The van der Waals surface area contributed by atoms with Crippen LogP contribution in [0.25, 0.3) is 0 Å². The molecule has 24 heavy (non-hydrogen) atoms. The Morgan fingerprint density at radius 2 is 1.79 bits per heavy atom. The average Bonchev–Trinajstić information content (AvgIpc) is 2.45. The Morgan fingerprint density at radius 1 is 1.17 bits per heavy atom. The van der Waals surface area contributed by atoms with Crippen molar-refractivity contribution in [3.05, 3.63) is 35.4 Å². The minimum Gasteiger partial charge on any atom is -0.459 e. The van der Waals surface area contributed by atoms with E-state index in [1.54, 1.807) is 24.3 Å². The van der Waals surface area contributed by atoms with E-state index in [4.69, 9.17) is 4.74 Å². The zero-order chi connectivity index (χ0) is 18.0. The summed E-state index contributed by atoms with van der Waals surface area (Å²) in [5.41, 5.74) is 1.34. The number of rotatable bonds is 4. The molecule has 0 N–H and O–H groups in total. The maximum absolute atomic E-state index is 12.3. The van der Waals surface area contributed by atoms with Crippen molar-refractivity contribution in [2.75, 3.05) is 6.26 Å². The van der Waals surface area contributed by atoms with E-state index in [2.05, 4.69) is 20.8 Å². The summed E-state index contributed by atoms with van der Waals surface area (Å²) >= 11 is 0. The molecule has 0 bridgehead atoms. The van der Waals surface area contributed by atoms with E-state index in [0.717, 1.165) is 25.7 Å². The molecule has 1 saturated carbocycles. The number of hydrogen-bond donors (Lipinski definition) is 0. The molecule has 0 radical (unpaired) electrons. The van der Waals surface area contributed by atoms with Crippen LogP contribution in [0.5, 0.6) is 0 Å². The highest BCUT2D eigenvalue weighted by Crippen LogP contribution is 2.38. The molecular weight excluding hydrogens is 324 g/mol. The molecule has 1 aliphatic carbocycles. The van der Waals surface area contributed by atoms with Crippen LogP contribution in [0, 0.1) is 11.3 Å². The standard InChI is InChI=1S/C19H28O4S/c1-19(2,3)16-8-10-17(11-9-16)23-18(20)15-7-5-6-14(12-15)13-24(4,21)22/h5-7,12,16-17H,8-11,13H2,1-4H3. The second-order valence-corrected chi connectivity index (χ2v) is 10.2. The SMILES string of the molecule is CC(C)(C)C1CCC(OC(=O)c2cccc(CS(C)(=O)=O)c2)CC1. The second kappa shape index (κ2) is 7.26. The van der Waals surface area contributed by atoms with Gasteiger partial charge in [0.05, 0.1) is 11.3 Å². The third kappa shape index (κ3) is 5.62. The van der Waals surface area contributed by atoms with Gasteiger partial charge in [0.2, 0.25) is 0 Å². The Morgan fingerprint density at radius 3 is 2.33 bits per heavy atom. The van der Waals surface area contributed by atoms with Crippen molar-refractivity contribution in [1.29, 1.82) is 0 Å². The first-order valence-electron chi connectivity index (χ1n) is 8.52. The molecule has 5 heteroatoms. The number of carbonyl (C=O) groups excluding carboxylic acids is 1. The Labute approximate surface area is 145 Å². The molecule has 4 nitrogen and oxygen atoms in total. The summed E-state index contributed by atoms with van der Waals surface area (Å²) < 4.78 is 28.4. The lowest BCUT2D eigenvalue weighted by atomic mass is 9.72. The largest absolute Gasteiger partial charge is 0.459 e. The van der Waals surface area contributed by atoms with Crippen LogP contribution in [0.2, 0.25) is 0 Å². The quantitative estimate of drug-likeness (QED) is 0.769. The third-order valence-electron chi connectivity index (χ3n) is 4.76. The van der Waals surface area contributed by atoms with Crippen LogP contribution in [0.3, 0.4) is 0 Å². The summed E-state index contributed by atoms with van der Waals surface area (Å²) in [5, 5.41) is 0. The molecule has 1 aromatic rings. The van der Waals surface area contributed by atoms with E-state index in [-0.39, 0.29) is 17.8 Å². The van der Waals surface area contributed by atoms with Crippen LogP contribution < -0.4 is 0 Å². The first kappa shape index (κ1) is 19.0. The van der Waals surface area contributed by atoms with Crippen molar-refractivity contribution in [2.24, 2.45) is 11.3 Å². The zero-order valence-electron chi connectivity index (χ0n) is 15.0. The van der Waals surface area contributed by atoms with Gasteiger partial charge < -0.3 is 4.74 Å². The highest BCUT2D eigenvalue weighted by molar-refractivity contribution is 7.89. The van der Waals surface area contributed by atoms with Crippen LogP contribution in [0.1, 0.15) is 62.4 Å². The van der Waals surface area contributed by atoms with Gasteiger partial charge in [-0.15, -0.1) is 0 Å². The second-order valence-electron chi connectivity index (χ2n) is 8.02. The average molecular weight is 352 g/mol. The lowest BCUT2D eigenvalue weighted by Gasteiger charge is -2.36. The third-order valence-corrected chi connectivity index (χ3v) is 5.62. The van der Waals surface area contributed by atoms with E-state index in [0.29, 0.717) is 22.5 Å². The zero-order valence-corrected chi connectivity index (χ0v) is 15.9. The molecule has 0 spiro atoms. The van der Waals surface area contributed by atoms with E-state index in [1.165, 1.54) is 6.26 Å². The van der Waals surface area contributed by atoms with Crippen molar-refractivity contribution in [3.8, 4) is 0 Å². The number of ether oxygens (including phenoxy) is 1. The summed E-state index contributed by atoms with van der Waals surface area (Å²) in [6, 6.07) is 6.71. The van der Waals surface area contributed by atoms with Crippen molar-refractivity contribution in [3.63, 3.8) is 0 Å². The summed E-state index contributed by atoms with van der Waals surface area (Å²) in [6.45, 7) is 6.78. The van der Waals surface area contributed by atoms with Crippen LogP contribution in [0.4, 0.5) is 0 Å². The molecule has 1 aromatic carbocycles. The van der Waals surface area contributed by atoms with Gasteiger partial charge in [-0.05, 0) is 54.7 Å². The predicted octanol–water partition coefficient (Wildman–Crippen LogP) is 3.99. The first-order valence-corrected chi connectivity index (χ1v) is 10.6. The normalized spacial score (nSPS) is 22.2. The summed E-state index contributed by atoms with van der Waals surface area (Å²) in [6.07, 6.45) is 5.11. The Hall–Kier alpha value is -1.36. The molecule has 0 amide bonds. The molecule has 0 unspecified atom stereocenters. The van der Waals surface area contributed by atoms with E-state index in [1.807, 2.05) is 0 Å². The molecule has 1 fully saturated rings. The van der Waals surface area contributed by atoms with Crippen LogP contribution in [-0.4, -0.2) is 26.7 Å². The number of carbonyl (C=O) groups is 1. The number of benzene rings is 1. The smallest absolute Gasteiger partial charge is 0.338 e. The van der Waals surface area contributed by atoms with E-state index >= 15 is 0 Å². The van der Waals surface area contributed by atoms with Gasteiger partial charge in [0.15, 0.2) is 9.84 Å². The van der Waals surface area contributed by atoms with Crippen molar-refractivity contribution >= 4 is 15.8 Å². The van der Waals surface area contributed by atoms with Crippen LogP contribution >= 0.6 is 0 Å². The first-order chi connectivity index (χ1) is 11.0. The minimum atomic E-state index is -3.12. The highest BCUT2D eigenvalue weighted by Gasteiger charge is 2.31. The summed E-state index contributed by atoms with van der Waals surface area (Å²) in [7, 11) is -3.12. The molecule has 0 saturated heterocycles. The maximum atomic E-state index is 12.3. The molecule has 2 rings (SSSR count). The fraction of sp³-hybridized carbons (Fsp3) is 0.632. The molecule has 134 valence electrons. The summed E-state index contributed by atoms with van der Waals surface area (Å²) in [4.78, 5) is 12.3. The maximum Gasteiger partial charge on any atom is 0.338 e. The highest BCUT2D eigenvalue weighted by atomic mass is 32.2. The van der Waals surface area contributed by atoms with Gasteiger partial charge in [0.1, 0.15) is 6.10 Å². The Kier molecular flexibility index (Phi) is 5.74. The lowest BCUT2D eigenvalue weighted by molar-refractivity contribution is 0.00928. The van der Waals surface area contributed by atoms with E-state index in [9.17, 15) is 13.2 Å². The van der Waals surface area contributed by atoms with Gasteiger partial charge >= 0.3 is 5.97 Å². The Bertz CT molecular complexity index is 678. The minimum absolute atomic E-state index is 0.0327. The van der Waals surface area contributed by atoms with Crippen molar-refractivity contribution in [2.45, 2.75) is 58.3 Å². The molecule has 0 aromatic heterocycles. The Balaban J connectivity index is 1.95. The van der Waals surface area contributed by atoms with Gasteiger partial charge in [-0.2, -0.15) is 0 Å². The van der Waals surface area contributed by atoms with Crippen molar-refractivity contribution < 1.29 is 17.9 Å². The number of esters is 1. The number of hydrogen-bond acceptors (Lipinski definition) is 4. The summed E-state index contributed by atoms with van der Waals surface area (Å²) in [5.74, 6) is 0.250. The van der Waals surface area contributed by atoms with Gasteiger partial charge in [-0.25, -0.2) is 13.2 Å². The van der Waals surface area contributed by atoms with Gasteiger partial charge in [-0.3, -0.25) is 0 Å². The molecule has 1 aliphatic rings.